The molecule has 3 rings (SSSR count). The van der Waals surface area contributed by atoms with Crippen molar-refractivity contribution < 1.29 is 4.79 Å². The normalized spacial score (nSPS) is 22.2. The lowest BCUT2D eigenvalue weighted by molar-refractivity contribution is -0.126. The molecule has 3 nitrogen and oxygen atoms in total. The minimum absolute atomic E-state index is 0.0730. The third kappa shape index (κ3) is 1.91. The van der Waals surface area contributed by atoms with Crippen LogP contribution in [-0.4, -0.2) is 11.9 Å². The van der Waals surface area contributed by atoms with Crippen LogP contribution < -0.4 is 10.6 Å². The number of para-hydroxylation sites is 1. The van der Waals surface area contributed by atoms with Crippen LogP contribution in [0.15, 0.2) is 54.6 Å². The monoisotopic (exact) mass is 272 g/mol. The van der Waals surface area contributed by atoms with E-state index < -0.39 is 6.04 Å². The van der Waals surface area contributed by atoms with Crippen molar-refractivity contribution in [2.45, 2.75) is 12.1 Å². The van der Waals surface area contributed by atoms with Gasteiger partial charge in [-0.05, 0) is 23.8 Å². The second-order valence-corrected chi connectivity index (χ2v) is 4.94. The third-order valence-corrected chi connectivity index (χ3v) is 3.74. The van der Waals surface area contributed by atoms with Crippen molar-refractivity contribution in [3.05, 3.63) is 65.2 Å². The second kappa shape index (κ2) is 4.68. The van der Waals surface area contributed by atoms with Crippen LogP contribution in [0, 0.1) is 0 Å². The molecular formula is C15H13ClN2O. The molecule has 0 aliphatic carbocycles. The van der Waals surface area contributed by atoms with E-state index in [0.29, 0.717) is 5.02 Å². The third-order valence-electron chi connectivity index (χ3n) is 3.40. The van der Waals surface area contributed by atoms with E-state index in [1.807, 2.05) is 54.6 Å². The number of rotatable bonds is 2. The van der Waals surface area contributed by atoms with E-state index in [0.717, 1.165) is 11.3 Å². The van der Waals surface area contributed by atoms with Gasteiger partial charge >= 0.3 is 0 Å². The molecule has 2 aromatic rings. The molecule has 2 atom stereocenters. The minimum atomic E-state index is -0.528. The van der Waals surface area contributed by atoms with Crippen LogP contribution in [0.5, 0.6) is 0 Å². The fourth-order valence-electron chi connectivity index (χ4n) is 2.44. The summed E-state index contributed by atoms with van der Waals surface area (Å²) >= 11 is 6.20. The van der Waals surface area contributed by atoms with Gasteiger partial charge in [0.2, 0.25) is 5.91 Å². The minimum Gasteiger partial charge on any atom is -0.318 e. The summed E-state index contributed by atoms with van der Waals surface area (Å²) in [5.41, 5.74) is 7.68. The number of anilines is 1. The molecule has 96 valence electrons. The Bertz CT molecular complexity index is 615. The summed E-state index contributed by atoms with van der Waals surface area (Å²) in [6.45, 7) is 0. The van der Waals surface area contributed by atoms with Gasteiger partial charge in [-0.1, -0.05) is 48.0 Å². The molecule has 1 aliphatic heterocycles. The molecule has 1 aliphatic rings. The van der Waals surface area contributed by atoms with Gasteiger partial charge in [-0.2, -0.15) is 0 Å². The summed E-state index contributed by atoms with van der Waals surface area (Å²) < 4.78 is 0. The Labute approximate surface area is 116 Å². The lowest BCUT2D eigenvalue weighted by Gasteiger charge is -2.45. The Kier molecular flexibility index (Phi) is 3.01. The highest BCUT2D eigenvalue weighted by Crippen LogP contribution is 2.40. The number of halogens is 1. The van der Waals surface area contributed by atoms with Crippen molar-refractivity contribution in [2.75, 3.05) is 4.90 Å². The van der Waals surface area contributed by atoms with Crippen LogP contribution in [0.25, 0.3) is 0 Å². The first-order valence-corrected chi connectivity index (χ1v) is 6.46. The van der Waals surface area contributed by atoms with Gasteiger partial charge in [-0.3, -0.25) is 4.79 Å². The van der Waals surface area contributed by atoms with Crippen molar-refractivity contribution in [1.29, 1.82) is 0 Å². The van der Waals surface area contributed by atoms with Gasteiger partial charge in [0.15, 0.2) is 0 Å². The standard InChI is InChI=1S/C15H13ClN2O/c16-12-9-5-4-8-11(12)14-13(17)15(19)18(14)10-6-2-1-3-7-10/h1-9,13-14H,17H2/t13-,14+/m0/s1. The smallest absolute Gasteiger partial charge is 0.247 e. The molecule has 1 saturated heterocycles. The van der Waals surface area contributed by atoms with E-state index in [4.69, 9.17) is 17.3 Å². The summed E-state index contributed by atoms with van der Waals surface area (Å²) in [6.07, 6.45) is 0. The Morgan fingerprint density at radius 2 is 1.63 bits per heavy atom. The number of nitrogens with zero attached hydrogens (tertiary/aromatic N) is 1. The zero-order valence-electron chi connectivity index (χ0n) is 10.2. The molecule has 0 spiro atoms. The zero-order chi connectivity index (χ0) is 13.4. The van der Waals surface area contributed by atoms with Crippen LogP contribution in [0.1, 0.15) is 11.6 Å². The van der Waals surface area contributed by atoms with Gasteiger partial charge in [0.05, 0.1) is 6.04 Å². The predicted octanol–water partition coefficient (Wildman–Crippen LogP) is 2.76. The number of β-lactam (4-membered cyclic amide) rings is 1. The predicted molar refractivity (Wildman–Crippen MR) is 76.1 cm³/mol. The number of carbonyl (C=O) groups is 1. The molecule has 0 bridgehead atoms. The first-order valence-electron chi connectivity index (χ1n) is 6.08. The average molecular weight is 273 g/mol. The fourth-order valence-corrected chi connectivity index (χ4v) is 2.68. The quantitative estimate of drug-likeness (QED) is 0.855. The molecule has 2 aromatic carbocycles. The first-order chi connectivity index (χ1) is 9.20. The van der Waals surface area contributed by atoms with Gasteiger partial charge in [-0.25, -0.2) is 0 Å². The van der Waals surface area contributed by atoms with Crippen molar-refractivity contribution >= 4 is 23.2 Å². The van der Waals surface area contributed by atoms with Crippen LogP contribution >= 0.6 is 11.6 Å². The molecule has 4 heteroatoms. The molecule has 2 N–H and O–H groups in total. The number of carbonyl (C=O) groups excluding carboxylic acids is 1. The summed E-state index contributed by atoms with van der Waals surface area (Å²) in [5.74, 6) is -0.0730. The molecule has 1 fully saturated rings. The summed E-state index contributed by atoms with van der Waals surface area (Å²) in [5, 5.41) is 0.636. The van der Waals surface area contributed by atoms with Gasteiger partial charge in [-0.15, -0.1) is 0 Å². The second-order valence-electron chi connectivity index (χ2n) is 4.54. The summed E-state index contributed by atoms with van der Waals surface area (Å²) in [7, 11) is 0. The Balaban J connectivity index is 2.01. The van der Waals surface area contributed by atoms with Gasteiger partial charge < -0.3 is 10.6 Å². The van der Waals surface area contributed by atoms with Crippen molar-refractivity contribution in [1.82, 2.24) is 0 Å². The van der Waals surface area contributed by atoms with E-state index in [1.165, 1.54) is 0 Å². The molecule has 0 saturated carbocycles. The van der Waals surface area contributed by atoms with Crippen molar-refractivity contribution in [2.24, 2.45) is 5.73 Å². The highest BCUT2D eigenvalue weighted by atomic mass is 35.5. The molecule has 1 amide bonds. The lowest BCUT2D eigenvalue weighted by Crippen LogP contribution is -2.63. The van der Waals surface area contributed by atoms with E-state index in [-0.39, 0.29) is 11.9 Å². The summed E-state index contributed by atoms with van der Waals surface area (Å²) in [4.78, 5) is 13.7. The lowest BCUT2D eigenvalue weighted by atomic mass is 9.88. The average Bonchev–Trinajstić information content (AvgIpc) is 2.46. The molecule has 0 unspecified atom stereocenters. The van der Waals surface area contributed by atoms with E-state index in [2.05, 4.69) is 0 Å². The van der Waals surface area contributed by atoms with Crippen molar-refractivity contribution in [3.8, 4) is 0 Å². The van der Waals surface area contributed by atoms with Gasteiger partial charge in [0.1, 0.15) is 6.04 Å². The van der Waals surface area contributed by atoms with E-state index in [1.54, 1.807) is 4.90 Å². The van der Waals surface area contributed by atoms with Crippen molar-refractivity contribution in [3.63, 3.8) is 0 Å². The number of amides is 1. The summed E-state index contributed by atoms with van der Waals surface area (Å²) in [6, 6.07) is 16.3. The maximum Gasteiger partial charge on any atom is 0.247 e. The van der Waals surface area contributed by atoms with Gasteiger partial charge in [0.25, 0.3) is 0 Å². The topological polar surface area (TPSA) is 46.3 Å². The number of hydrogen-bond acceptors (Lipinski definition) is 2. The maximum absolute atomic E-state index is 12.0. The largest absolute Gasteiger partial charge is 0.318 e. The van der Waals surface area contributed by atoms with Crippen LogP contribution in [0.4, 0.5) is 5.69 Å². The van der Waals surface area contributed by atoms with Crippen LogP contribution in [-0.2, 0) is 4.79 Å². The molecule has 1 heterocycles. The first kappa shape index (κ1) is 12.2. The number of nitrogens with two attached hydrogens (primary N) is 1. The molecule has 0 aromatic heterocycles. The Morgan fingerprint density at radius 3 is 2.32 bits per heavy atom. The fraction of sp³-hybridized carbons (Fsp3) is 0.133. The van der Waals surface area contributed by atoms with Crippen LogP contribution in [0.3, 0.4) is 0 Å². The van der Waals surface area contributed by atoms with E-state index in [9.17, 15) is 4.79 Å². The zero-order valence-corrected chi connectivity index (χ0v) is 10.9. The SMILES string of the molecule is N[C@@H]1C(=O)N(c2ccccc2)[C@@H]1c1ccccc1Cl. The highest BCUT2D eigenvalue weighted by Gasteiger charge is 2.47. The Morgan fingerprint density at radius 1 is 1.00 bits per heavy atom. The molecular weight excluding hydrogens is 260 g/mol. The number of benzene rings is 2. The number of hydrogen-bond donors (Lipinski definition) is 1. The maximum atomic E-state index is 12.0. The van der Waals surface area contributed by atoms with Gasteiger partial charge in [0, 0.05) is 10.7 Å². The van der Waals surface area contributed by atoms with E-state index >= 15 is 0 Å². The van der Waals surface area contributed by atoms with Crippen LogP contribution in [0.2, 0.25) is 5.02 Å². The Hall–Kier alpha value is -1.84. The molecule has 0 radical (unpaired) electrons. The highest BCUT2D eigenvalue weighted by molar-refractivity contribution is 6.31. The molecule has 19 heavy (non-hydrogen) atoms.